The molecule has 160 valence electrons. The fraction of sp³-hybridized carbons (Fsp3) is 0.118. The highest BCUT2D eigenvalue weighted by molar-refractivity contribution is 8.01. The van der Waals surface area contributed by atoms with Crippen molar-refractivity contribution in [2.45, 2.75) is 11.3 Å². The Morgan fingerprint density at radius 3 is 2.52 bits per heavy atom. The summed E-state index contributed by atoms with van der Waals surface area (Å²) in [5.41, 5.74) is 5.71. The van der Waals surface area contributed by atoms with Gasteiger partial charge in [-0.1, -0.05) is 40.8 Å². The van der Waals surface area contributed by atoms with Gasteiger partial charge in [0.05, 0.1) is 21.7 Å². The van der Waals surface area contributed by atoms with Crippen LogP contribution in [-0.2, 0) is 4.79 Å². The van der Waals surface area contributed by atoms with Crippen LogP contribution in [0.3, 0.4) is 0 Å². The summed E-state index contributed by atoms with van der Waals surface area (Å²) in [5, 5.41) is 33.6. The van der Waals surface area contributed by atoms with E-state index in [1.165, 1.54) is 11.3 Å². The summed E-state index contributed by atoms with van der Waals surface area (Å²) in [5.74, 6) is -0.492. The second kappa shape index (κ2) is 9.82. The summed E-state index contributed by atoms with van der Waals surface area (Å²) in [6, 6.07) is 10.8. The van der Waals surface area contributed by atoms with Crippen molar-refractivity contribution in [2.24, 2.45) is 0 Å². The molecular weight excluding hydrogens is 446 g/mol. The monoisotopic (exact) mass is 461 g/mol. The molecule has 0 aliphatic carbocycles. The Morgan fingerprint density at radius 2 is 1.84 bits per heavy atom. The van der Waals surface area contributed by atoms with Gasteiger partial charge in [-0.25, -0.2) is 0 Å². The van der Waals surface area contributed by atoms with Gasteiger partial charge in [-0.15, -0.1) is 10.2 Å². The zero-order valence-electron chi connectivity index (χ0n) is 15.9. The van der Waals surface area contributed by atoms with E-state index in [0.717, 1.165) is 41.2 Å². The summed E-state index contributed by atoms with van der Waals surface area (Å²) < 4.78 is 0.561. The number of nitrogens with zero attached hydrogens (tertiary/aromatic N) is 4. The largest absolute Gasteiger partial charge is 0.330 e. The first-order chi connectivity index (χ1) is 14.8. The van der Waals surface area contributed by atoms with E-state index in [-0.39, 0.29) is 11.4 Å². The Kier molecular flexibility index (Phi) is 6.94. The Hall–Kier alpha value is -3.78. The maximum Gasteiger partial charge on any atom is 0.300 e. The van der Waals surface area contributed by atoms with Gasteiger partial charge in [0.15, 0.2) is 4.34 Å². The van der Waals surface area contributed by atoms with Gasteiger partial charge in [-0.05, 0) is 25.1 Å². The molecule has 0 aliphatic rings. The number of benzene rings is 2. The fourth-order valence-corrected chi connectivity index (χ4v) is 3.84. The van der Waals surface area contributed by atoms with E-state index < -0.39 is 27.1 Å². The minimum atomic E-state index is -0.778. The lowest BCUT2D eigenvalue weighted by molar-refractivity contribution is -0.393. The molecule has 12 nitrogen and oxygen atoms in total. The predicted octanol–water partition coefficient (Wildman–Crippen LogP) is 3.64. The third-order valence-electron chi connectivity index (χ3n) is 3.76. The number of non-ortho nitro benzene ring substituents is 1. The van der Waals surface area contributed by atoms with E-state index in [1.807, 2.05) is 31.2 Å². The van der Waals surface area contributed by atoms with Crippen LogP contribution >= 0.6 is 23.1 Å². The first-order valence-corrected chi connectivity index (χ1v) is 10.4. The summed E-state index contributed by atoms with van der Waals surface area (Å²) in [7, 11) is 0. The summed E-state index contributed by atoms with van der Waals surface area (Å²) in [6.45, 7) is 1.99. The highest BCUT2D eigenvalue weighted by Crippen LogP contribution is 2.29. The smallest absolute Gasteiger partial charge is 0.300 e. The molecule has 0 radical (unpaired) electrons. The van der Waals surface area contributed by atoms with Crippen LogP contribution in [0.1, 0.15) is 5.56 Å². The van der Waals surface area contributed by atoms with Crippen LogP contribution in [0.4, 0.5) is 27.9 Å². The molecule has 14 heteroatoms. The van der Waals surface area contributed by atoms with Crippen molar-refractivity contribution in [1.29, 1.82) is 0 Å². The first kappa shape index (κ1) is 21.9. The number of carbonyl (C=O) groups excluding carboxylic acids is 1. The Balaban J connectivity index is 1.52. The molecular formula is C17H15N7O5S2. The van der Waals surface area contributed by atoms with E-state index in [2.05, 4.69) is 26.4 Å². The third-order valence-corrected chi connectivity index (χ3v) is 5.73. The van der Waals surface area contributed by atoms with Gasteiger partial charge in [-0.2, -0.15) is 0 Å². The van der Waals surface area contributed by atoms with Crippen molar-refractivity contribution in [2.75, 3.05) is 16.5 Å². The number of carbonyl (C=O) groups is 1. The van der Waals surface area contributed by atoms with E-state index in [1.54, 1.807) is 0 Å². The van der Waals surface area contributed by atoms with Gasteiger partial charge in [0.1, 0.15) is 5.69 Å². The van der Waals surface area contributed by atoms with Crippen molar-refractivity contribution in [3.05, 3.63) is 68.3 Å². The van der Waals surface area contributed by atoms with Crippen LogP contribution in [0.5, 0.6) is 0 Å². The van der Waals surface area contributed by atoms with Gasteiger partial charge in [0.25, 0.3) is 5.69 Å². The highest BCUT2D eigenvalue weighted by atomic mass is 32.2. The van der Waals surface area contributed by atoms with Crippen LogP contribution < -0.4 is 16.2 Å². The molecule has 3 aromatic rings. The Morgan fingerprint density at radius 1 is 1.10 bits per heavy atom. The zero-order valence-corrected chi connectivity index (χ0v) is 17.5. The maximum absolute atomic E-state index is 12.0. The zero-order chi connectivity index (χ0) is 22.4. The minimum absolute atomic E-state index is 0.0209. The standard InChI is InChI=1S/C17H15N7O5S2/c1-10-2-4-11(5-3-10)18-16-21-22-17(31-16)30-9-15(25)20-19-13-7-6-12(23(26)27)8-14(13)24(28)29/h2-8,19H,9H2,1H3,(H,18,21)(H,20,25). The number of hydrogen-bond acceptors (Lipinski definition) is 11. The molecule has 0 atom stereocenters. The number of hydrazine groups is 1. The number of aromatic nitrogens is 2. The molecule has 2 aromatic carbocycles. The summed E-state index contributed by atoms with van der Waals surface area (Å²) >= 11 is 2.42. The SMILES string of the molecule is Cc1ccc(Nc2nnc(SCC(=O)NNc3ccc([N+](=O)[O-])cc3[N+](=O)[O-])s2)cc1. The second-order valence-corrected chi connectivity index (χ2v) is 8.24. The quantitative estimate of drug-likeness (QED) is 0.243. The van der Waals surface area contributed by atoms with E-state index in [9.17, 15) is 25.0 Å². The highest BCUT2D eigenvalue weighted by Gasteiger charge is 2.20. The molecule has 0 bridgehead atoms. The van der Waals surface area contributed by atoms with Crippen molar-refractivity contribution >= 4 is 56.9 Å². The first-order valence-electron chi connectivity index (χ1n) is 8.59. The molecule has 1 amide bonds. The number of nitrogens with one attached hydrogen (secondary N) is 3. The van der Waals surface area contributed by atoms with Crippen LogP contribution in [0.2, 0.25) is 0 Å². The number of hydrogen-bond donors (Lipinski definition) is 3. The number of thioether (sulfide) groups is 1. The van der Waals surface area contributed by atoms with Gasteiger partial charge < -0.3 is 5.32 Å². The predicted molar refractivity (Wildman–Crippen MR) is 117 cm³/mol. The Bertz CT molecular complexity index is 1120. The van der Waals surface area contributed by atoms with Crippen LogP contribution in [0, 0.1) is 27.2 Å². The number of amides is 1. The summed E-state index contributed by atoms with van der Waals surface area (Å²) in [6.07, 6.45) is 0. The van der Waals surface area contributed by atoms with Crippen molar-refractivity contribution < 1.29 is 14.6 Å². The normalized spacial score (nSPS) is 10.4. The number of nitro benzene ring substituents is 2. The van der Waals surface area contributed by atoms with Gasteiger partial charge >= 0.3 is 5.69 Å². The molecule has 31 heavy (non-hydrogen) atoms. The molecule has 0 unspecified atom stereocenters. The average Bonchev–Trinajstić information content (AvgIpc) is 3.19. The van der Waals surface area contributed by atoms with Gasteiger partial charge in [0.2, 0.25) is 11.0 Å². The van der Waals surface area contributed by atoms with E-state index >= 15 is 0 Å². The molecule has 0 aliphatic heterocycles. The number of rotatable bonds is 9. The second-order valence-electron chi connectivity index (χ2n) is 6.04. The van der Waals surface area contributed by atoms with Crippen LogP contribution in [0.25, 0.3) is 0 Å². The van der Waals surface area contributed by atoms with Crippen molar-refractivity contribution in [3.63, 3.8) is 0 Å². The molecule has 1 aromatic heterocycles. The Labute approximate surface area is 183 Å². The topological polar surface area (TPSA) is 165 Å². The molecule has 1 heterocycles. The average molecular weight is 461 g/mol. The van der Waals surface area contributed by atoms with Crippen LogP contribution in [-0.4, -0.2) is 31.7 Å². The number of anilines is 3. The maximum atomic E-state index is 12.0. The molecule has 0 fully saturated rings. The molecule has 0 spiro atoms. The lowest BCUT2D eigenvalue weighted by atomic mass is 10.2. The lowest BCUT2D eigenvalue weighted by Gasteiger charge is -2.08. The molecule has 3 N–H and O–H groups in total. The van der Waals surface area contributed by atoms with Crippen molar-refractivity contribution in [3.8, 4) is 0 Å². The fourth-order valence-electron chi connectivity index (χ4n) is 2.27. The minimum Gasteiger partial charge on any atom is -0.330 e. The molecule has 0 saturated carbocycles. The van der Waals surface area contributed by atoms with Crippen molar-refractivity contribution in [1.82, 2.24) is 15.6 Å². The van der Waals surface area contributed by atoms with Gasteiger partial charge in [0, 0.05) is 11.8 Å². The number of aryl methyl sites for hydroxylation is 1. The third kappa shape index (κ3) is 6.10. The molecule has 3 rings (SSSR count). The van der Waals surface area contributed by atoms with Crippen LogP contribution in [0.15, 0.2) is 46.8 Å². The van der Waals surface area contributed by atoms with E-state index in [4.69, 9.17) is 0 Å². The van der Waals surface area contributed by atoms with Gasteiger partial charge in [-0.3, -0.25) is 35.9 Å². The summed E-state index contributed by atoms with van der Waals surface area (Å²) in [4.78, 5) is 32.4. The van der Waals surface area contributed by atoms with E-state index in [0.29, 0.717) is 9.47 Å². The lowest BCUT2D eigenvalue weighted by Crippen LogP contribution is -2.31. The number of nitro groups is 2. The molecule has 0 saturated heterocycles.